The predicted molar refractivity (Wildman–Crippen MR) is 120 cm³/mol. The van der Waals surface area contributed by atoms with Gasteiger partial charge < -0.3 is 30.4 Å². The number of phenolic OH excluding ortho intramolecular Hbond substituents is 1. The zero-order chi connectivity index (χ0) is 22.5. The molecule has 1 fully saturated rings. The summed E-state index contributed by atoms with van der Waals surface area (Å²) in [5, 5.41) is 32.5. The number of carbonyl (C=O) groups excluding carboxylic acids is 2. The minimum atomic E-state index is -1.86. The van der Waals surface area contributed by atoms with Crippen molar-refractivity contribution in [1.82, 2.24) is 10.2 Å². The number of nitrogens with one attached hydrogen (secondary N) is 1. The van der Waals surface area contributed by atoms with Crippen LogP contribution < -0.4 is 10.2 Å². The van der Waals surface area contributed by atoms with E-state index in [0.29, 0.717) is 26.2 Å². The molecule has 0 bridgehead atoms. The van der Waals surface area contributed by atoms with Crippen LogP contribution in [0.2, 0.25) is 0 Å². The largest absolute Gasteiger partial charge is 0.508 e. The van der Waals surface area contributed by atoms with E-state index in [1.54, 1.807) is 31.2 Å². The van der Waals surface area contributed by atoms with Gasteiger partial charge in [-0.1, -0.05) is 28.1 Å². The lowest BCUT2D eigenvalue weighted by molar-refractivity contribution is -0.153. The molecule has 2 aromatic carbocycles. The molecule has 1 heterocycles. The van der Waals surface area contributed by atoms with Gasteiger partial charge in [0.15, 0.2) is 12.2 Å². The highest BCUT2D eigenvalue weighted by Crippen LogP contribution is 2.20. The van der Waals surface area contributed by atoms with E-state index < -0.39 is 30.1 Å². The molecule has 0 radical (unpaired) electrons. The van der Waals surface area contributed by atoms with Crippen molar-refractivity contribution in [2.75, 3.05) is 31.1 Å². The molecule has 8 nitrogen and oxygen atoms in total. The average Bonchev–Trinajstić information content (AvgIpc) is 2.78. The molecular weight excluding hydrogens is 466 g/mol. The summed E-state index contributed by atoms with van der Waals surface area (Å²) in [5.41, 5.74) is 1.75. The number of hydrogen-bond donors (Lipinski definition) is 4. The number of phenols is 1. The normalized spacial score (nSPS) is 17.0. The lowest BCUT2D eigenvalue weighted by atomic mass is 10.1. The topological polar surface area (TPSA) is 113 Å². The molecule has 166 valence electrons. The van der Waals surface area contributed by atoms with Gasteiger partial charge >= 0.3 is 0 Å². The molecule has 1 aliphatic rings. The molecule has 0 spiro atoms. The van der Waals surface area contributed by atoms with Gasteiger partial charge in [0.1, 0.15) is 5.75 Å². The summed E-state index contributed by atoms with van der Waals surface area (Å²) < 4.78 is 0.904. The summed E-state index contributed by atoms with van der Waals surface area (Å²) in [6, 6.07) is 13.7. The van der Waals surface area contributed by atoms with Crippen LogP contribution in [0.25, 0.3) is 0 Å². The second-order valence-electron chi connectivity index (χ2n) is 7.50. The van der Waals surface area contributed by atoms with E-state index >= 15 is 0 Å². The standard InChI is InChI=1S/C22H26BrN3O5/c1-14(15-2-4-16(23)5-3-15)24-21(30)19(28)20(29)22(31)26-12-10-25(11-13-26)17-6-8-18(27)9-7-17/h2-9,14,19-20,27-29H,10-13H2,1H3,(H,24,30)/t14-,19?,20?/m0/s1. The van der Waals surface area contributed by atoms with Crippen LogP contribution in [0.1, 0.15) is 18.5 Å². The van der Waals surface area contributed by atoms with E-state index in [9.17, 15) is 24.9 Å². The molecule has 2 aromatic rings. The monoisotopic (exact) mass is 491 g/mol. The number of carbonyl (C=O) groups is 2. The third-order valence-corrected chi connectivity index (χ3v) is 5.88. The molecule has 4 N–H and O–H groups in total. The van der Waals surface area contributed by atoms with Gasteiger partial charge in [-0.15, -0.1) is 0 Å². The van der Waals surface area contributed by atoms with Crippen molar-refractivity contribution in [3.63, 3.8) is 0 Å². The maximum absolute atomic E-state index is 12.6. The molecule has 9 heteroatoms. The number of aromatic hydroxyl groups is 1. The first-order valence-corrected chi connectivity index (χ1v) is 10.8. The fourth-order valence-electron chi connectivity index (χ4n) is 3.45. The Bertz CT molecular complexity index is 898. The average molecular weight is 492 g/mol. The molecule has 0 saturated carbocycles. The molecule has 3 atom stereocenters. The molecule has 31 heavy (non-hydrogen) atoms. The number of benzene rings is 2. The van der Waals surface area contributed by atoms with Crippen LogP contribution in [0.3, 0.4) is 0 Å². The number of nitrogens with zero attached hydrogens (tertiary/aromatic N) is 2. The van der Waals surface area contributed by atoms with Gasteiger partial charge in [0.05, 0.1) is 6.04 Å². The Kier molecular flexibility index (Phi) is 7.53. The number of rotatable bonds is 6. The molecule has 2 amide bonds. The second kappa shape index (κ2) is 10.1. The third kappa shape index (κ3) is 5.75. The van der Waals surface area contributed by atoms with Crippen LogP contribution in [0.15, 0.2) is 53.0 Å². The maximum atomic E-state index is 12.6. The summed E-state index contributed by atoms with van der Waals surface area (Å²) in [6.07, 6.45) is -3.70. The molecule has 1 aliphatic heterocycles. The van der Waals surface area contributed by atoms with Crippen molar-refractivity contribution in [1.29, 1.82) is 0 Å². The maximum Gasteiger partial charge on any atom is 0.254 e. The number of amides is 2. The van der Waals surface area contributed by atoms with E-state index in [4.69, 9.17) is 0 Å². The van der Waals surface area contributed by atoms with Crippen LogP contribution in [0.4, 0.5) is 5.69 Å². The highest BCUT2D eigenvalue weighted by atomic mass is 79.9. The van der Waals surface area contributed by atoms with Crippen LogP contribution in [-0.2, 0) is 9.59 Å². The summed E-state index contributed by atoms with van der Waals surface area (Å²) in [7, 11) is 0. The highest BCUT2D eigenvalue weighted by Gasteiger charge is 2.35. The fourth-order valence-corrected chi connectivity index (χ4v) is 3.71. The molecule has 1 saturated heterocycles. The smallest absolute Gasteiger partial charge is 0.254 e. The Balaban J connectivity index is 1.52. The van der Waals surface area contributed by atoms with E-state index in [2.05, 4.69) is 26.1 Å². The van der Waals surface area contributed by atoms with Crippen LogP contribution in [0, 0.1) is 0 Å². The third-order valence-electron chi connectivity index (χ3n) is 5.36. The number of anilines is 1. The van der Waals surface area contributed by atoms with Gasteiger partial charge in [-0.2, -0.15) is 0 Å². The molecular formula is C22H26BrN3O5. The van der Waals surface area contributed by atoms with E-state index in [-0.39, 0.29) is 5.75 Å². The van der Waals surface area contributed by atoms with Crippen molar-refractivity contribution in [2.24, 2.45) is 0 Å². The van der Waals surface area contributed by atoms with Gasteiger partial charge in [0, 0.05) is 36.3 Å². The lowest BCUT2D eigenvalue weighted by Gasteiger charge is -2.37. The Labute approximate surface area is 189 Å². The van der Waals surface area contributed by atoms with Crippen molar-refractivity contribution in [2.45, 2.75) is 25.2 Å². The van der Waals surface area contributed by atoms with Crippen LogP contribution in [-0.4, -0.2) is 70.4 Å². The van der Waals surface area contributed by atoms with Crippen molar-refractivity contribution in [3.8, 4) is 5.75 Å². The van der Waals surface area contributed by atoms with Crippen LogP contribution >= 0.6 is 15.9 Å². The Morgan fingerprint density at radius 2 is 1.52 bits per heavy atom. The minimum Gasteiger partial charge on any atom is -0.508 e. The van der Waals surface area contributed by atoms with Gasteiger partial charge in [-0.3, -0.25) is 9.59 Å². The first kappa shape index (κ1) is 23.1. The van der Waals surface area contributed by atoms with Gasteiger partial charge in [0.25, 0.3) is 11.8 Å². The van der Waals surface area contributed by atoms with E-state index in [1.165, 1.54) is 4.90 Å². The Morgan fingerprint density at radius 1 is 0.935 bits per heavy atom. The van der Waals surface area contributed by atoms with Gasteiger partial charge in [0.2, 0.25) is 0 Å². The number of aliphatic hydroxyl groups is 2. The molecule has 2 unspecified atom stereocenters. The zero-order valence-corrected chi connectivity index (χ0v) is 18.7. The lowest BCUT2D eigenvalue weighted by Crippen LogP contribution is -2.55. The van der Waals surface area contributed by atoms with Crippen molar-refractivity contribution in [3.05, 3.63) is 58.6 Å². The van der Waals surface area contributed by atoms with Crippen molar-refractivity contribution < 1.29 is 24.9 Å². The number of hydrogen-bond acceptors (Lipinski definition) is 6. The van der Waals surface area contributed by atoms with Crippen LogP contribution in [0.5, 0.6) is 5.75 Å². The quantitative estimate of drug-likeness (QED) is 0.485. The second-order valence-corrected chi connectivity index (χ2v) is 8.42. The van der Waals surface area contributed by atoms with Gasteiger partial charge in [-0.05, 0) is 48.9 Å². The number of halogens is 1. The summed E-state index contributed by atoms with van der Waals surface area (Å²) in [4.78, 5) is 28.5. The molecule has 3 rings (SSSR count). The fraction of sp³-hybridized carbons (Fsp3) is 0.364. The first-order valence-electron chi connectivity index (χ1n) is 10.0. The Morgan fingerprint density at radius 3 is 2.10 bits per heavy atom. The first-order chi connectivity index (χ1) is 14.8. The zero-order valence-electron chi connectivity index (χ0n) is 17.1. The predicted octanol–water partition coefficient (Wildman–Crippen LogP) is 1.40. The Hall–Kier alpha value is -2.62. The number of piperazine rings is 1. The van der Waals surface area contributed by atoms with Gasteiger partial charge in [-0.25, -0.2) is 0 Å². The SMILES string of the molecule is C[C@H](NC(=O)C(O)C(O)C(=O)N1CCN(c2ccc(O)cc2)CC1)c1ccc(Br)cc1. The summed E-state index contributed by atoms with van der Waals surface area (Å²) in [6.45, 7) is 3.52. The van der Waals surface area contributed by atoms with E-state index in [1.807, 2.05) is 24.3 Å². The van der Waals surface area contributed by atoms with Crippen molar-refractivity contribution >= 4 is 33.4 Å². The van der Waals surface area contributed by atoms with E-state index in [0.717, 1.165) is 15.7 Å². The molecule has 0 aromatic heterocycles. The molecule has 0 aliphatic carbocycles. The summed E-state index contributed by atoms with van der Waals surface area (Å²) in [5.74, 6) is -1.30. The summed E-state index contributed by atoms with van der Waals surface area (Å²) >= 11 is 3.35. The highest BCUT2D eigenvalue weighted by molar-refractivity contribution is 9.10. The number of aliphatic hydroxyl groups excluding tert-OH is 2. The minimum absolute atomic E-state index is 0.183.